The summed E-state index contributed by atoms with van der Waals surface area (Å²) in [5.74, 6) is 0.430. The predicted octanol–water partition coefficient (Wildman–Crippen LogP) is 0.492. The van der Waals surface area contributed by atoms with Gasteiger partial charge in [0.25, 0.3) is 0 Å². The van der Waals surface area contributed by atoms with E-state index >= 15 is 0 Å². The second kappa shape index (κ2) is 7.52. The number of aliphatic hydroxyl groups is 1. The van der Waals surface area contributed by atoms with Crippen molar-refractivity contribution in [3.05, 3.63) is 29.8 Å². The summed E-state index contributed by atoms with van der Waals surface area (Å²) >= 11 is 1.52. The highest BCUT2D eigenvalue weighted by Crippen LogP contribution is 2.11. The van der Waals surface area contributed by atoms with Gasteiger partial charge < -0.3 is 21.3 Å². The van der Waals surface area contributed by atoms with Crippen LogP contribution in [0.3, 0.4) is 0 Å². The molecule has 0 aliphatic heterocycles. The zero-order valence-corrected chi connectivity index (χ0v) is 12.6. The highest BCUT2D eigenvalue weighted by Gasteiger charge is 2.22. The van der Waals surface area contributed by atoms with Gasteiger partial charge in [0.2, 0.25) is 5.91 Å². The largest absolute Gasteiger partial charge is 0.508 e. The molecule has 20 heavy (non-hydrogen) atoms. The van der Waals surface area contributed by atoms with E-state index < -0.39 is 11.6 Å². The van der Waals surface area contributed by atoms with Crippen LogP contribution in [0.15, 0.2) is 24.3 Å². The third kappa shape index (κ3) is 5.81. The molecular formula is C14H22N2O3S. The summed E-state index contributed by atoms with van der Waals surface area (Å²) in [4.78, 5) is 11.9. The fraction of sp³-hybridized carbons (Fsp3) is 0.500. The lowest BCUT2D eigenvalue weighted by atomic mass is 10.1. The summed E-state index contributed by atoms with van der Waals surface area (Å²) in [6, 6.07) is 5.90. The number of benzene rings is 1. The molecule has 6 heteroatoms. The molecule has 0 aromatic heterocycles. The van der Waals surface area contributed by atoms with E-state index in [0.29, 0.717) is 12.2 Å². The zero-order chi connectivity index (χ0) is 15.2. The van der Waals surface area contributed by atoms with Crippen molar-refractivity contribution in [2.75, 3.05) is 18.6 Å². The van der Waals surface area contributed by atoms with E-state index in [0.717, 1.165) is 5.56 Å². The van der Waals surface area contributed by atoms with Crippen LogP contribution in [0, 0.1) is 0 Å². The Labute approximate surface area is 123 Å². The number of hydrogen-bond donors (Lipinski definition) is 4. The Balaban J connectivity index is 2.45. The Morgan fingerprint density at radius 1 is 1.45 bits per heavy atom. The molecule has 0 saturated carbocycles. The molecule has 0 heterocycles. The highest BCUT2D eigenvalue weighted by molar-refractivity contribution is 7.98. The number of carbonyl (C=O) groups is 1. The molecule has 0 spiro atoms. The summed E-state index contributed by atoms with van der Waals surface area (Å²) in [6.07, 6.45) is 2.28. The molecule has 2 atom stereocenters. The Morgan fingerprint density at radius 2 is 2.05 bits per heavy atom. The van der Waals surface area contributed by atoms with Gasteiger partial charge in [0, 0.05) is 12.3 Å². The standard InChI is InChI=1S/C14H22N2O3S/c1-14(19,9-20-2)8-16-13(18)12(15)7-10-3-5-11(17)6-4-10/h3-6,12,17,19H,7-9,15H2,1-2H3,(H,16,18)/t12-,14?/m1/s1. The van der Waals surface area contributed by atoms with Crippen molar-refractivity contribution in [3.63, 3.8) is 0 Å². The van der Waals surface area contributed by atoms with Gasteiger partial charge in [0.05, 0.1) is 11.6 Å². The topological polar surface area (TPSA) is 95.6 Å². The van der Waals surface area contributed by atoms with Crippen molar-refractivity contribution < 1.29 is 15.0 Å². The van der Waals surface area contributed by atoms with Crippen LogP contribution in [0.25, 0.3) is 0 Å². The van der Waals surface area contributed by atoms with Crippen LogP contribution in [-0.2, 0) is 11.2 Å². The summed E-state index contributed by atoms with van der Waals surface area (Å²) in [5.41, 5.74) is 5.77. The highest BCUT2D eigenvalue weighted by atomic mass is 32.2. The maximum Gasteiger partial charge on any atom is 0.237 e. The maximum absolute atomic E-state index is 11.9. The van der Waals surface area contributed by atoms with E-state index in [-0.39, 0.29) is 18.2 Å². The molecule has 0 aliphatic carbocycles. The molecule has 112 valence electrons. The molecule has 0 aliphatic rings. The molecule has 1 aromatic rings. The molecule has 1 rings (SSSR count). The van der Waals surface area contributed by atoms with Crippen molar-refractivity contribution in [1.29, 1.82) is 0 Å². The van der Waals surface area contributed by atoms with E-state index in [9.17, 15) is 15.0 Å². The summed E-state index contributed by atoms with van der Waals surface area (Å²) in [6.45, 7) is 1.85. The van der Waals surface area contributed by atoms with Crippen molar-refractivity contribution in [2.45, 2.75) is 25.0 Å². The van der Waals surface area contributed by atoms with E-state index in [2.05, 4.69) is 5.32 Å². The minimum Gasteiger partial charge on any atom is -0.508 e. The smallest absolute Gasteiger partial charge is 0.237 e. The molecule has 1 amide bonds. The van der Waals surface area contributed by atoms with Gasteiger partial charge >= 0.3 is 0 Å². The first-order valence-electron chi connectivity index (χ1n) is 6.36. The molecule has 0 radical (unpaired) electrons. The number of nitrogens with one attached hydrogen (secondary N) is 1. The first-order valence-corrected chi connectivity index (χ1v) is 7.76. The van der Waals surface area contributed by atoms with Gasteiger partial charge in [0.15, 0.2) is 0 Å². The van der Waals surface area contributed by atoms with Gasteiger partial charge in [-0.3, -0.25) is 4.79 Å². The summed E-state index contributed by atoms with van der Waals surface area (Å²) in [5, 5.41) is 21.8. The molecule has 5 N–H and O–H groups in total. The van der Waals surface area contributed by atoms with E-state index in [1.807, 2.05) is 6.26 Å². The number of nitrogens with two attached hydrogens (primary N) is 1. The quantitative estimate of drug-likeness (QED) is 0.588. The number of rotatable bonds is 7. The third-order valence-corrected chi connectivity index (χ3v) is 3.74. The minimum absolute atomic E-state index is 0.177. The van der Waals surface area contributed by atoms with Gasteiger partial charge in [-0.25, -0.2) is 0 Å². The molecular weight excluding hydrogens is 276 g/mol. The summed E-state index contributed by atoms with van der Waals surface area (Å²) < 4.78 is 0. The zero-order valence-electron chi connectivity index (χ0n) is 11.8. The molecule has 5 nitrogen and oxygen atoms in total. The van der Waals surface area contributed by atoms with Crippen molar-refractivity contribution in [3.8, 4) is 5.75 Å². The molecule has 0 fully saturated rings. The van der Waals surface area contributed by atoms with Crippen LogP contribution in [0.4, 0.5) is 0 Å². The van der Waals surface area contributed by atoms with Gasteiger partial charge in [-0.1, -0.05) is 12.1 Å². The lowest BCUT2D eigenvalue weighted by Crippen LogP contribution is -2.48. The average molecular weight is 298 g/mol. The van der Waals surface area contributed by atoms with Gasteiger partial charge in [-0.15, -0.1) is 0 Å². The third-order valence-electron chi connectivity index (χ3n) is 2.83. The number of phenolic OH excluding ortho intramolecular Hbond substituents is 1. The monoisotopic (exact) mass is 298 g/mol. The Hall–Kier alpha value is -1.24. The van der Waals surface area contributed by atoms with Crippen LogP contribution < -0.4 is 11.1 Å². The van der Waals surface area contributed by atoms with Crippen LogP contribution in [0.2, 0.25) is 0 Å². The van der Waals surface area contributed by atoms with E-state index in [1.165, 1.54) is 11.8 Å². The fourth-order valence-electron chi connectivity index (χ4n) is 1.75. The Morgan fingerprint density at radius 3 is 2.60 bits per heavy atom. The van der Waals surface area contributed by atoms with E-state index in [1.54, 1.807) is 31.2 Å². The fourth-order valence-corrected chi connectivity index (χ4v) is 2.47. The van der Waals surface area contributed by atoms with Crippen LogP contribution >= 0.6 is 11.8 Å². The first kappa shape index (κ1) is 16.8. The lowest BCUT2D eigenvalue weighted by Gasteiger charge is -2.23. The SMILES string of the molecule is CSCC(C)(O)CNC(=O)[C@H](N)Cc1ccc(O)cc1. The van der Waals surface area contributed by atoms with Gasteiger partial charge in [-0.05, 0) is 37.3 Å². The average Bonchev–Trinajstić information content (AvgIpc) is 2.38. The molecule has 1 aromatic carbocycles. The van der Waals surface area contributed by atoms with E-state index in [4.69, 9.17) is 5.73 Å². The van der Waals surface area contributed by atoms with Crippen LogP contribution in [0.5, 0.6) is 5.75 Å². The summed E-state index contributed by atoms with van der Waals surface area (Å²) in [7, 11) is 0. The lowest BCUT2D eigenvalue weighted by molar-refractivity contribution is -0.123. The van der Waals surface area contributed by atoms with Crippen molar-refractivity contribution in [2.24, 2.45) is 5.73 Å². The number of amides is 1. The molecule has 0 bridgehead atoms. The van der Waals surface area contributed by atoms with Crippen molar-refractivity contribution in [1.82, 2.24) is 5.32 Å². The molecule has 0 saturated heterocycles. The number of aromatic hydroxyl groups is 1. The van der Waals surface area contributed by atoms with Gasteiger partial charge in [-0.2, -0.15) is 11.8 Å². The maximum atomic E-state index is 11.9. The van der Waals surface area contributed by atoms with Crippen LogP contribution in [0.1, 0.15) is 12.5 Å². The number of thioether (sulfide) groups is 1. The Kier molecular flexibility index (Phi) is 6.32. The first-order chi connectivity index (χ1) is 9.34. The predicted molar refractivity (Wildman–Crippen MR) is 81.8 cm³/mol. The second-order valence-corrected chi connectivity index (χ2v) is 5.99. The normalized spacial score (nSPS) is 15.4. The van der Waals surface area contributed by atoms with Crippen molar-refractivity contribution >= 4 is 17.7 Å². The number of carbonyl (C=O) groups excluding carboxylic acids is 1. The van der Waals surface area contributed by atoms with Gasteiger partial charge in [0.1, 0.15) is 5.75 Å². The second-order valence-electron chi connectivity index (χ2n) is 5.12. The molecule has 1 unspecified atom stereocenters. The minimum atomic E-state index is -0.937. The van der Waals surface area contributed by atoms with Crippen LogP contribution in [-0.4, -0.2) is 46.3 Å². The number of hydrogen-bond acceptors (Lipinski definition) is 5. The Bertz CT molecular complexity index is 435. The number of phenols is 1.